The van der Waals surface area contributed by atoms with E-state index in [0.717, 1.165) is 7.11 Å². The van der Waals surface area contributed by atoms with Crippen LogP contribution in [0.1, 0.15) is 32.5 Å². The second-order valence-electron chi connectivity index (χ2n) is 3.92. The number of thiophene rings is 1. The summed E-state index contributed by atoms with van der Waals surface area (Å²) in [5.74, 6) is -4.03. The summed E-state index contributed by atoms with van der Waals surface area (Å²) in [6, 6.07) is 0. The molecular formula is C12H12F3NO5S. The van der Waals surface area contributed by atoms with Gasteiger partial charge in [0.2, 0.25) is 0 Å². The fourth-order valence-electron chi connectivity index (χ4n) is 1.51. The summed E-state index contributed by atoms with van der Waals surface area (Å²) >= 11 is 0.515. The van der Waals surface area contributed by atoms with Crippen molar-refractivity contribution in [2.24, 2.45) is 0 Å². The normalized spacial score (nSPS) is 11.0. The Bertz CT molecular complexity index is 609. The van der Waals surface area contributed by atoms with Crippen LogP contribution in [-0.4, -0.2) is 37.7 Å². The summed E-state index contributed by atoms with van der Waals surface area (Å²) in [5, 5.41) is 1.15. The third-order valence-electron chi connectivity index (χ3n) is 2.48. The van der Waals surface area contributed by atoms with Gasteiger partial charge < -0.3 is 14.8 Å². The van der Waals surface area contributed by atoms with Crippen LogP contribution < -0.4 is 5.32 Å². The molecule has 1 N–H and O–H groups in total. The number of alkyl halides is 3. The summed E-state index contributed by atoms with van der Waals surface area (Å²) in [6.45, 7) is 2.95. The van der Waals surface area contributed by atoms with Crippen LogP contribution in [0.2, 0.25) is 0 Å². The molecule has 0 spiro atoms. The molecule has 0 saturated heterocycles. The highest BCUT2D eigenvalue weighted by molar-refractivity contribution is 7.18. The SMILES string of the molecule is CCOC(=O)c1sc(NC(=O)C(F)(F)F)c(C(=O)OC)c1C. The minimum absolute atomic E-state index is 0.0496. The zero-order valence-electron chi connectivity index (χ0n) is 11.8. The van der Waals surface area contributed by atoms with E-state index in [1.165, 1.54) is 6.92 Å². The lowest BCUT2D eigenvalue weighted by Gasteiger charge is -2.07. The van der Waals surface area contributed by atoms with Gasteiger partial charge in [0.15, 0.2) is 0 Å². The number of hydrogen-bond acceptors (Lipinski definition) is 6. The van der Waals surface area contributed by atoms with E-state index >= 15 is 0 Å². The Hall–Kier alpha value is -2.10. The van der Waals surface area contributed by atoms with Gasteiger partial charge in [0.1, 0.15) is 9.88 Å². The molecule has 0 atom stereocenters. The molecule has 0 bridgehead atoms. The van der Waals surface area contributed by atoms with E-state index in [9.17, 15) is 27.6 Å². The van der Waals surface area contributed by atoms with Crippen molar-refractivity contribution >= 4 is 34.2 Å². The molecule has 1 aromatic heterocycles. The first-order valence-electron chi connectivity index (χ1n) is 5.90. The quantitative estimate of drug-likeness (QED) is 0.853. The lowest BCUT2D eigenvalue weighted by Crippen LogP contribution is -2.30. The topological polar surface area (TPSA) is 81.7 Å². The van der Waals surface area contributed by atoms with Gasteiger partial charge in [-0.25, -0.2) is 9.59 Å². The molecular weight excluding hydrogens is 327 g/mol. The Balaban J connectivity index is 3.31. The van der Waals surface area contributed by atoms with Crippen LogP contribution in [0, 0.1) is 6.92 Å². The molecule has 122 valence electrons. The summed E-state index contributed by atoms with van der Waals surface area (Å²) < 4.78 is 46.2. The molecule has 1 rings (SSSR count). The Labute approximate surface area is 127 Å². The molecule has 0 aliphatic rings. The highest BCUT2D eigenvalue weighted by atomic mass is 32.1. The highest BCUT2D eigenvalue weighted by Gasteiger charge is 2.40. The molecule has 1 aromatic rings. The Kier molecular flexibility index (Phi) is 5.53. The number of ether oxygens (including phenoxy) is 2. The third-order valence-corrected chi connectivity index (χ3v) is 3.67. The number of esters is 2. The fourth-order valence-corrected chi connectivity index (χ4v) is 2.60. The van der Waals surface area contributed by atoms with E-state index in [2.05, 4.69) is 4.74 Å². The summed E-state index contributed by atoms with van der Waals surface area (Å²) in [4.78, 5) is 34.3. The fraction of sp³-hybridized carbons (Fsp3) is 0.417. The van der Waals surface area contributed by atoms with Crippen molar-refractivity contribution in [3.05, 3.63) is 16.0 Å². The number of halogens is 3. The van der Waals surface area contributed by atoms with Crippen LogP contribution in [-0.2, 0) is 14.3 Å². The van der Waals surface area contributed by atoms with E-state index in [4.69, 9.17) is 4.74 Å². The molecule has 0 saturated carbocycles. The van der Waals surface area contributed by atoms with Crippen molar-refractivity contribution < 1.29 is 37.0 Å². The van der Waals surface area contributed by atoms with Crippen LogP contribution in [0.15, 0.2) is 0 Å². The van der Waals surface area contributed by atoms with E-state index in [1.807, 2.05) is 0 Å². The van der Waals surface area contributed by atoms with Crippen LogP contribution in [0.4, 0.5) is 18.2 Å². The molecule has 0 radical (unpaired) electrons. The van der Waals surface area contributed by atoms with Crippen molar-refractivity contribution in [1.82, 2.24) is 0 Å². The Morgan fingerprint density at radius 1 is 1.23 bits per heavy atom. The van der Waals surface area contributed by atoms with Gasteiger partial charge in [-0.3, -0.25) is 4.79 Å². The number of carbonyl (C=O) groups is 3. The minimum Gasteiger partial charge on any atom is -0.465 e. The predicted octanol–water partition coefficient (Wildman–Crippen LogP) is 2.52. The number of methoxy groups -OCH3 is 1. The molecule has 10 heteroatoms. The van der Waals surface area contributed by atoms with Gasteiger partial charge in [-0.1, -0.05) is 0 Å². The molecule has 0 aromatic carbocycles. The lowest BCUT2D eigenvalue weighted by molar-refractivity contribution is -0.167. The number of nitrogens with one attached hydrogen (secondary N) is 1. The van der Waals surface area contributed by atoms with E-state index < -0.39 is 29.0 Å². The minimum atomic E-state index is -5.13. The maximum absolute atomic E-state index is 12.3. The van der Waals surface area contributed by atoms with Gasteiger partial charge in [0, 0.05) is 0 Å². The molecule has 1 heterocycles. The summed E-state index contributed by atoms with van der Waals surface area (Å²) in [6.07, 6.45) is -5.13. The van der Waals surface area contributed by atoms with Crippen molar-refractivity contribution in [2.45, 2.75) is 20.0 Å². The Morgan fingerprint density at radius 3 is 2.27 bits per heavy atom. The summed E-state index contributed by atoms with van der Waals surface area (Å²) in [5.41, 5.74) is -0.235. The number of hydrogen-bond donors (Lipinski definition) is 1. The zero-order valence-corrected chi connectivity index (χ0v) is 12.6. The maximum Gasteiger partial charge on any atom is 0.471 e. The number of amides is 1. The zero-order chi connectivity index (χ0) is 17.1. The van der Waals surface area contributed by atoms with Gasteiger partial charge in [0.25, 0.3) is 0 Å². The van der Waals surface area contributed by atoms with Crippen LogP contribution >= 0.6 is 11.3 Å². The Morgan fingerprint density at radius 2 is 1.82 bits per heavy atom. The standard InChI is InChI=1S/C12H12F3NO5S/c1-4-21-10(18)7-5(2)6(9(17)20-3)8(22-7)16-11(19)12(13,14)15/h4H2,1-3H3,(H,16,19). The third kappa shape index (κ3) is 3.75. The lowest BCUT2D eigenvalue weighted by atomic mass is 10.1. The van der Waals surface area contributed by atoms with Gasteiger partial charge >= 0.3 is 24.0 Å². The van der Waals surface area contributed by atoms with Crippen molar-refractivity contribution in [3.63, 3.8) is 0 Å². The van der Waals surface area contributed by atoms with Gasteiger partial charge in [-0.15, -0.1) is 11.3 Å². The van der Waals surface area contributed by atoms with Gasteiger partial charge in [-0.05, 0) is 19.4 Å². The predicted molar refractivity (Wildman–Crippen MR) is 71.0 cm³/mol. The number of rotatable bonds is 4. The molecule has 0 aliphatic carbocycles. The first-order valence-corrected chi connectivity index (χ1v) is 6.72. The summed E-state index contributed by atoms with van der Waals surface area (Å²) in [7, 11) is 1.03. The van der Waals surface area contributed by atoms with E-state index in [-0.39, 0.29) is 22.6 Å². The van der Waals surface area contributed by atoms with Gasteiger partial charge in [-0.2, -0.15) is 13.2 Å². The van der Waals surface area contributed by atoms with Crippen LogP contribution in [0.25, 0.3) is 0 Å². The smallest absolute Gasteiger partial charge is 0.465 e. The molecule has 1 amide bonds. The highest BCUT2D eigenvalue weighted by Crippen LogP contribution is 2.35. The monoisotopic (exact) mass is 339 g/mol. The second-order valence-corrected chi connectivity index (χ2v) is 4.94. The first kappa shape index (κ1) is 18.0. The van der Waals surface area contributed by atoms with Crippen molar-refractivity contribution in [3.8, 4) is 0 Å². The van der Waals surface area contributed by atoms with Crippen LogP contribution in [0.3, 0.4) is 0 Å². The van der Waals surface area contributed by atoms with Crippen molar-refractivity contribution in [2.75, 3.05) is 19.0 Å². The average Bonchev–Trinajstić information content (AvgIpc) is 2.74. The molecule has 0 aliphatic heterocycles. The van der Waals surface area contributed by atoms with E-state index in [1.54, 1.807) is 12.2 Å². The van der Waals surface area contributed by atoms with Crippen LogP contribution in [0.5, 0.6) is 0 Å². The number of anilines is 1. The molecule has 0 fully saturated rings. The van der Waals surface area contributed by atoms with Gasteiger partial charge in [0.05, 0.1) is 19.3 Å². The molecule has 22 heavy (non-hydrogen) atoms. The molecule has 6 nitrogen and oxygen atoms in total. The molecule has 0 unspecified atom stereocenters. The number of carbonyl (C=O) groups excluding carboxylic acids is 3. The largest absolute Gasteiger partial charge is 0.471 e. The van der Waals surface area contributed by atoms with Crippen molar-refractivity contribution in [1.29, 1.82) is 0 Å². The maximum atomic E-state index is 12.3. The van der Waals surface area contributed by atoms with E-state index in [0.29, 0.717) is 11.3 Å². The second kappa shape index (κ2) is 6.77. The average molecular weight is 339 g/mol. The first-order chi connectivity index (χ1) is 10.1.